The molecular weight excluding hydrogens is 846 g/mol. The molecule has 2 N–H and O–H groups in total. The van der Waals surface area contributed by atoms with Gasteiger partial charge in [0.2, 0.25) is 11.8 Å². The van der Waals surface area contributed by atoms with Gasteiger partial charge in [-0.2, -0.15) is 0 Å². The molecule has 8 aromatic rings. The zero-order valence-corrected chi connectivity index (χ0v) is 38.6. The van der Waals surface area contributed by atoms with E-state index in [0.717, 1.165) is 66.6 Å². The fourth-order valence-electron chi connectivity index (χ4n) is 9.23. The highest BCUT2D eigenvalue weighted by atomic mass is 16.5. The van der Waals surface area contributed by atoms with E-state index in [1.54, 1.807) is 12.3 Å². The Bertz CT molecular complexity index is 3590. The maximum Gasteiger partial charge on any atom is 0.221 e. The van der Waals surface area contributed by atoms with Crippen molar-refractivity contribution in [2.75, 3.05) is 16.5 Å². The normalized spacial score (nSPS) is 20.0. The number of anilines is 4. The van der Waals surface area contributed by atoms with Crippen LogP contribution in [0.15, 0.2) is 207 Å². The number of nitrogens with zero attached hydrogens (tertiary/aromatic N) is 6. The number of para-hydroxylation sites is 5. The Morgan fingerprint density at radius 1 is 0.638 bits per heavy atom. The summed E-state index contributed by atoms with van der Waals surface area (Å²) in [5.74, 6) is 5.41. The molecule has 0 bridgehead atoms. The number of benzene rings is 5. The number of hydrogen-bond acceptors (Lipinski definition) is 7. The molecule has 3 aliphatic heterocycles. The molecule has 0 atom stereocenters. The monoisotopic (exact) mass is 899 g/mol. The van der Waals surface area contributed by atoms with E-state index < -0.39 is 6.98 Å². The summed E-state index contributed by atoms with van der Waals surface area (Å²) in [5, 5.41) is 8.39. The van der Waals surface area contributed by atoms with Crippen molar-refractivity contribution in [3.63, 3.8) is 0 Å². The predicted molar refractivity (Wildman–Crippen MR) is 289 cm³/mol. The summed E-state index contributed by atoms with van der Waals surface area (Å²) < 4.78 is 35.7. The van der Waals surface area contributed by atoms with E-state index in [1.165, 1.54) is 10.1 Å². The van der Waals surface area contributed by atoms with E-state index in [4.69, 9.17) is 18.8 Å². The fourth-order valence-corrected chi connectivity index (χ4v) is 9.23. The molecule has 5 aromatic carbocycles. The number of ether oxygens (including phenoxy) is 1. The van der Waals surface area contributed by atoms with E-state index >= 15 is 0 Å². The molecule has 11 heteroatoms. The van der Waals surface area contributed by atoms with Gasteiger partial charge in [0.05, 0.1) is 39.1 Å². The number of fused-ring (bicyclic) bond motifs is 5. The second-order valence-electron chi connectivity index (χ2n) is 18.0. The molecule has 0 fully saturated rings. The molecule has 3 aliphatic rings. The molecule has 9 nitrogen and oxygen atoms in total. The number of rotatable bonds is 7. The standard InChI is InChI=1S/C58H50B2N8O/c1-58(2,3)40-35-45(47-18-15-32-61-30-13-11-28-59-47)56(46(36-40)48-19-16-33-62-31-14-12-29-60-48)67-39-66(52-23-9-10-24-53(52)67)41-27-34-63-55(37-41)69-42-25-26-44-43-17-5-7-21-50(43)68(54(44)38-42)57-64-49-20-6-8-22-51(49)65(57)4/h5-38,61-62H,39H2,1-4H3/b28-11-,29-12-,30-13-,31-14-,32-15-,33-16-,47-18-,48-19-/i4D3. The molecule has 0 amide bonds. The number of hydrogen-bond donors (Lipinski definition) is 2. The van der Waals surface area contributed by atoms with Gasteiger partial charge in [-0.05, 0) is 107 Å². The minimum atomic E-state index is -2.49. The average Bonchev–Trinajstić information content (AvgIpc) is 4.06. The number of allylic oxidation sites excluding steroid dienone is 8. The van der Waals surface area contributed by atoms with Crippen LogP contribution in [0.4, 0.5) is 22.7 Å². The van der Waals surface area contributed by atoms with E-state index in [-0.39, 0.29) is 5.41 Å². The highest BCUT2D eigenvalue weighted by molar-refractivity contribution is 6.67. The topological polar surface area (TPSA) is 75.4 Å². The third-order valence-corrected chi connectivity index (χ3v) is 12.6. The fraction of sp³-hybridized carbons (Fsp3) is 0.103. The van der Waals surface area contributed by atoms with Crippen LogP contribution in [0.1, 0.15) is 41.6 Å². The van der Waals surface area contributed by atoms with Crippen LogP contribution >= 0.6 is 0 Å². The Balaban J connectivity index is 1.02. The van der Waals surface area contributed by atoms with Crippen LogP contribution in [-0.2, 0) is 12.4 Å². The van der Waals surface area contributed by atoms with E-state index in [2.05, 4.69) is 128 Å². The van der Waals surface area contributed by atoms with Crippen LogP contribution in [0.5, 0.6) is 11.6 Å². The predicted octanol–water partition coefficient (Wildman–Crippen LogP) is 12.8. The van der Waals surface area contributed by atoms with E-state index in [0.29, 0.717) is 35.3 Å². The van der Waals surface area contributed by atoms with Crippen LogP contribution < -0.4 is 25.2 Å². The van der Waals surface area contributed by atoms with Crippen molar-refractivity contribution in [3.8, 4) is 17.6 Å². The lowest BCUT2D eigenvalue weighted by Crippen LogP contribution is -2.26. The van der Waals surface area contributed by atoms with Gasteiger partial charge in [-0.3, -0.25) is 4.57 Å². The van der Waals surface area contributed by atoms with Crippen molar-refractivity contribution in [1.29, 1.82) is 0 Å². The van der Waals surface area contributed by atoms with Crippen molar-refractivity contribution >= 4 is 81.1 Å². The van der Waals surface area contributed by atoms with Gasteiger partial charge in [-0.15, -0.1) is 12.0 Å². The quantitative estimate of drug-likeness (QED) is 0.154. The van der Waals surface area contributed by atoms with Crippen LogP contribution in [0.3, 0.4) is 0 Å². The largest absolute Gasteiger partial charge is 0.439 e. The third-order valence-electron chi connectivity index (χ3n) is 12.6. The Morgan fingerprint density at radius 3 is 1.99 bits per heavy atom. The number of pyridine rings is 1. The summed E-state index contributed by atoms with van der Waals surface area (Å²) in [6, 6.07) is 38.4. The van der Waals surface area contributed by atoms with Gasteiger partial charge >= 0.3 is 0 Å². The molecule has 2 radical (unpaired) electrons. The van der Waals surface area contributed by atoms with Crippen LogP contribution in [-0.4, -0.2) is 40.3 Å². The summed E-state index contributed by atoms with van der Waals surface area (Å²) in [6.45, 7) is 4.79. The number of nitrogens with one attached hydrogen (secondary N) is 2. The summed E-state index contributed by atoms with van der Waals surface area (Å²) in [7, 11) is 4.36. The molecule has 0 saturated heterocycles. The van der Waals surface area contributed by atoms with Crippen LogP contribution in [0.25, 0.3) is 49.7 Å². The summed E-state index contributed by atoms with van der Waals surface area (Å²) >= 11 is 0. The molecule has 6 heterocycles. The van der Waals surface area contributed by atoms with Gasteiger partial charge in [0.25, 0.3) is 0 Å². The SMILES string of the molecule is [2H]C([2H])([2H])n1c(-n2c3ccccc3c3ccc(Oc4cc(N5CN(c6c(/C7=C/C=C\N/C=C\C=C/[B]7)cc(C(C)(C)C)cc6/C6=C/C=C\N/C=C\C=C/[B]6)c6ccccc65)ccn4)cc32)nc2ccccc21. The minimum absolute atomic E-state index is 0.167. The lowest BCUT2D eigenvalue weighted by Gasteiger charge is -2.31. The van der Waals surface area contributed by atoms with Gasteiger partial charge in [-0.25, -0.2) is 9.97 Å². The van der Waals surface area contributed by atoms with Gasteiger partial charge in [-0.1, -0.05) is 98.5 Å². The second kappa shape index (κ2) is 18.3. The summed E-state index contributed by atoms with van der Waals surface area (Å²) in [5.41, 5.74) is 12.1. The third kappa shape index (κ3) is 8.37. The first kappa shape index (κ1) is 39.7. The van der Waals surface area contributed by atoms with Crippen molar-refractivity contribution < 1.29 is 8.85 Å². The zero-order valence-electron chi connectivity index (χ0n) is 41.6. The lowest BCUT2D eigenvalue weighted by molar-refractivity contribution is 0.463. The Hall–Kier alpha value is -8.43. The van der Waals surface area contributed by atoms with Crippen molar-refractivity contribution in [1.82, 2.24) is 29.7 Å². The maximum atomic E-state index is 8.60. The van der Waals surface area contributed by atoms with Crippen molar-refractivity contribution in [3.05, 3.63) is 224 Å². The molecule has 0 aliphatic carbocycles. The molecule has 0 spiro atoms. The molecule has 11 rings (SSSR count). The van der Waals surface area contributed by atoms with Crippen LogP contribution in [0, 0.1) is 0 Å². The Labute approximate surface area is 408 Å². The lowest BCUT2D eigenvalue weighted by atomic mass is 9.62. The Kier molecular flexibility index (Phi) is 10.6. The van der Waals surface area contributed by atoms with Gasteiger partial charge in [0.15, 0.2) is 14.6 Å². The molecule has 0 unspecified atom stereocenters. The first-order chi connectivity index (χ1) is 35.0. The minimum Gasteiger partial charge on any atom is -0.439 e. The Morgan fingerprint density at radius 2 is 1.28 bits per heavy atom. The first-order valence-corrected chi connectivity index (χ1v) is 23.1. The van der Waals surface area contributed by atoms with Gasteiger partial charge in [0.1, 0.15) is 12.4 Å². The van der Waals surface area contributed by atoms with E-state index in [1.807, 2.05) is 126 Å². The molecule has 3 aromatic heterocycles. The van der Waals surface area contributed by atoms with Crippen molar-refractivity contribution in [2.24, 2.45) is 6.98 Å². The highest BCUT2D eigenvalue weighted by Gasteiger charge is 2.33. The highest BCUT2D eigenvalue weighted by Crippen LogP contribution is 2.49. The summed E-state index contributed by atoms with van der Waals surface area (Å²) in [6.07, 6.45) is 26.0. The number of imidazole rings is 1. The molecule has 69 heavy (non-hydrogen) atoms. The summed E-state index contributed by atoms with van der Waals surface area (Å²) in [4.78, 5) is 14.4. The maximum absolute atomic E-state index is 8.60. The van der Waals surface area contributed by atoms with Gasteiger partial charge < -0.3 is 29.7 Å². The second-order valence-corrected chi connectivity index (χ2v) is 18.0. The zero-order chi connectivity index (χ0) is 49.4. The number of aromatic nitrogens is 4. The number of aryl methyl sites for hydroxylation is 1. The first-order valence-electron chi connectivity index (χ1n) is 24.6. The smallest absolute Gasteiger partial charge is 0.221 e. The van der Waals surface area contributed by atoms with Crippen molar-refractivity contribution in [2.45, 2.75) is 26.2 Å². The average molecular weight is 900 g/mol. The molecule has 0 saturated carbocycles. The van der Waals surface area contributed by atoms with Crippen LogP contribution in [0.2, 0.25) is 0 Å². The molecular formula is C58H50B2N8O. The molecule has 334 valence electrons. The van der Waals surface area contributed by atoms with E-state index in [9.17, 15) is 0 Å². The van der Waals surface area contributed by atoms with Gasteiger partial charge in [0, 0.05) is 70.7 Å².